The number of hydrogen-bond acceptors (Lipinski definition) is 3. The van der Waals surface area contributed by atoms with Crippen LogP contribution in [0.5, 0.6) is 0 Å². The Bertz CT molecular complexity index is 845. The number of halogens is 1. The SMILES string of the molecule is Cc1cccc(N2CCN(C(=O)CC(=O)Nc3cccc(Cl)c3C)CC2)c1. The Balaban J connectivity index is 1.52. The van der Waals surface area contributed by atoms with E-state index < -0.39 is 0 Å². The van der Waals surface area contributed by atoms with Crippen LogP contribution in [0, 0.1) is 13.8 Å². The topological polar surface area (TPSA) is 52.7 Å². The number of rotatable bonds is 4. The van der Waals surface area contributed by atoms with Crippen molar-refractivity contribution in [3.05, 3.63) is 58.6 Å². The number of hydrogen-bond donors (Lipinski definition) is 1. The highest BCUT2D eigenvalue weighted by molar-refractivity contribution is 6.31. The standard InChI is InChI=1S/C21H24ClN3O2/c1-15-5-3-6-17(13-15)24-9-11-25(12-10-24)21(27)14-20(26)23-19-8-4-7-18(22)16(19)2/h3-8,13H,9-12,14H2,1-2H3,(H,23,26). The molecule has 0 atom stereocenters. The number of aryl methyl sites for hydroxylation is 1. The minimum absolute atomic E-state index is 0.143. The number of nitrogens with zero attached hydrogens (tertiary/aromatic N) is 2. The fourth-order valence-electron chi connectivity index (χ4n) is 3.23. The lowest BCUT2D eigenvalue weighted by Gasteiger charge is -2.36. The van der Waals surface area contributed by atoms with Crippen molar-refractivity contribution in [1.29, 1.82) is 0 Å². The van der Waals surface area contributed by atoms with Crippen LogP contribution in [0.3, 0.4) is 0 Å². The maximum absolute atomic E-state index is 12.5. The van der Waals surface area contributed by atoms with Crippen molar-refractivity contribution in [1.82, 2.24) is 4.90 Å². The fraction of sp³-hybridized carbons (Fsp3) is 0.333. The van der Waals surface area contributed by atoms with Gasteiger partial charge in [-0.25, -0.2) is 0 Å². The summed E-state index contributed by atoms with van der Waals surface area (Å²) >= 11 is 6.07. The van der Waals surface area contributed by atoms with Crippen LogP contribution in [0.15, 0.2) is 42.5 Å². The first-order valence-electron chi connectivity index (χ1n) is 9.08. The van der Waals surface area contributed by atoms with Crippen LogP contribution in [0.2, 0.25) is 5.02 Å². The van der Waals surface area contributed by atoms with Crippen molar-refractivity contribution in [3.63, 3.8) is 0 Å². The van der Waals surface area contributed by atoms with Crippen molar-refractivity contribution in [2.45, 2.75) is 20.3 Å². The van der Waals surface area contributed by atoms with E-state index in [9.17, 15) is 9.59 Å². The summed E-state index contributed by atoms with van der Waals surface area (Å²) in [6.45, 7) is 6.69. The summed E-state index contributed by atoms with van der Waals surface area (Å²) in [5, 5.41) is 3.37. The highest BCUT2D eigenvalue weighted by Gasteiger charge is 2.23. The average Bonchev–Trinajstić information content (AvgIpc) is 2.65. The predicted octanol–water partition coefficient (Wildman–Crippen LogP) is 3.63. The number of carbonyl (C=O) groups excluding carboxylic acids is 2. The van der Waals surface area contributed by atoms with Crippen LogP contribution < -0.4 is 10.2 Å². The monoisotopic (exact) mass is 385 g/mol. The van der Waals surface area contributed by atoms with Crippen LogP contribution in [0.25, 0.3) is 0 Å². The molecule has 1 aliphatic rings. The molecule has 1 fully saturated rings. The highest BCUT2D eigenvalue weighted by Crippen LogP contribution is 2.23. The Morgan fingerprint density at radius 3 is 2.44 bits per heavy atom. The van der Waals surface area contributed by atoms with Crippen LogP contribution in [0.4, 0.5) is 11.4 Å². The third kappa shape index (κ3) is 4.80. The van der Waals surface area contributed by atoms with E-state index in [1.807, 2.05) is 13.0 Å². The van der Waals surface area contributed by atoms with Crippen LogP contribution in [-0.2, 0) is 9.59 Å². The van der Waals surface area contributed by atoms with E-state index in [0.29, 0.717) is 23.8 Å². The molecule has 0 bridgehead atoms. The van der Waals surface area contributed by atoms with E-state index in [4.69, 9.17) is 11.6 Å². The molecule has 0 aliphatic carbocycles. The zero-order valence-corrected chi connectivity index (χ0v) is 16.4. The Hall–Kier alpha value is -2.53. The maximum Gasteiger partial charge on any atom is 0.233 e. The molecular formula is C21H24ClN3O2. The van der Waals surface area contributed by atoms with Gasteiger partial charge in [0.2, 0.25) is 11.8 Å². The normalized spacial score (nSPS) is 14.2. The van der Waals surface area contributed by atoms with Crippen LogP contribution >= 0.6 is 11.6 Å². The molecule has 2 aromatic carbocycles. The van der Waals surface area contributed by atoms with Gasteiger partial charge in [0.05, 0.1) is 0 Å². The lowest BCUT2D eigenvalue weighted by Crippen LogP contribution is -2.49. The summed E-state index contributed by atoms with van der Waals surface area (Å²) in [5.41, 5.74) is 3.84. The van der Waals surface area contributed by atoms with E-state index in [0.717, 1.165) is 18.7 Å². The van der Waals surface area contributed by atoms with Gasteiger partial charge in [0, 0.05) is 42.6 Å². The molecule has 2 aromatic rings. The van der Waals surface area contributed by atoms with Crippen molar-refractivity contribution in [2.75, 3.05) is 36.4 Å². The molecule has 1 saturated heterocycles. The van der Waals surface area contributed by atoms with Gasteiger partial charge in [-0.1, -0.05) is 29.8 Å². The second-order valence-electron chi connectivity index (χ2n) is 6.84. The molecule has 6 heteroatoms. The zero-order chi connectivity index (χ0) is 19.4. The largest absolute Gasteiger partial charge is 0.368 e. The molecule has 1 N–H and O–H groups in total. The quantitative estimate of drug-likeness (QED) is 0.817. The highest BCUT2D eigenvalue weighted by atomic mass is 35.5. The van der Waals surface area contributed by atoms with Crippen LogP contribution in [-0.4, -0.2) is 42.9 Å². The molecule has 2 amide bonds. The molecule has 5 nitrogen and oxygen atoms in total. The number of benzene rings is 2. The van der Waals surface area contributed by atoms with Crippen LogP contribution in [0.1, 0.15) is 17.5 Å². The molecule has 0 aromatic heterocycles. The summed E-state index contributed by atoms with van der Waals surface area (Å²) in [7, 11) is 0. The molecule has 3 rings (SSSR count). The molecular weight excluding hydrogens is 362 g/mol. The van der Waals surface area contributed by atoms with Gasteiger partial charge in [-0.2, -0.15) is 0 Å². The lowest BCUT2D eigenvalue weighted by atomic mass is 10.2. The van der Waals surface area contributed by atoms with Gasteiger partial charge < -0.3 is 15.1 Å². The van der Waals surface area contributed by atoms with Crippen molar-refractivity contribution in [2.24, 2.45) is 0 Å². The summed E-state index contributed by atoms with van der Waals surface area (Å²) < 4.78 is 0. The summed E-state index contributed by atoms with van der Waals surface area (Å²) in [6.07, 6.45) is -0.156. The first-order valence-corrected chi connectivity index (χ1v) is 9.46. The van der Waals surface area contributed by atoms with Gasteiger partial charge >= 0.3 is 0 Å². The Morgan fingerprint density at radius 1 is 1.04 bits per heavy atom. The Morgan fingerprint density at radius 2 is 1.74 bits per heavy atom. The van der Waals surface area contributed by atoms with Gasteiger partial charge in [0.15, 0.2) is 0 Å². The number of nitrogens with one attached hydrogen (secondary N) is 1. The molecule has 1 aliphatic heterocycles. The second kappa shape index (κ2) is 8.44. The molecule has 0 saturated carbocycles. The van der Waals surface area contributed by atoms with Crippen molar-refractivity contribution in [3.8, 4) is 0 Å². The number of carbonyl (C=O) groups is 2. The molecule has 0 unspecified atom stereocenters. The first kappa shape index (κ1) is 19.2. The molecule has 0 spiro atoms. The third-order valence-corrected chi connectivity index (χ3v) is 5.26. The minimum atomic E-state index is -0.313. The molecule has 27 heavy (non-hydrogen) atoms. The smallest absolute Gasteiger partial charge is 0.233 e. The zero-order valence-electron chi connectivity index (χ0n) is 15.7. The summed E-state index contributed by atoms with van der Waals surface area (Å²) in [6, 6.07) is 13.7. The van der Waals surface area contributed by atoms with E-state index in [-0.39, 0.29) is 18.2 Å². The summed E-state index contributed by atoms with van der Waals surface area (Å²) in [5.74, 6) is -0.456. The number of anilines is 2. The first-order chi connectivity index (χ1) is 12.9. The molecule has 1 heterocycles. The van der Waals surface area contributed by atoms with Crippen molar-refractivity contribution < 1.29 is 9.59 Å². The van der Waals surface area contributed by atoms with E-state index in [1.165, 1.54) is 11.3 Å². The fourth-order valence-corrected chi connectivity index (χ4v) is 3.40. The molecule has 0 radical (unpaired) electrons. The second-order valence-corrected chi connectivity index (χ2v) is 7.25. The van der Waals surface area contributed by atoms with Gasteiger partial charge in [-0.15, -0.1) is 0 Å². The summed E-state index contributed by atoms with van der Waals surface area (Å²) in [4.78, 5) is 28.7. The van der Waals surface area contributed by atoms with E-state index >= 15 is 0 Å². The Kier molecular flexibility index (Phi) is 6.01. The van der Waals surface area contributed by atoms with Gasteiger partial charge in [-0.3, -0.25) is 9.59 Å². The lowest BCUT2D eigenvalue weighted by molar-refractivity contribution is -0.134. The van der Waals surface area contributed by atoms with Gasteiger partial charge in [0.25, 0.3) is 0 Å². The number of piperazine rings is 1. The van der Waals surface area contributed by atoms with Gasteiger partial charge in [-0.05, 0) is 49.2 Å². The van der Waals surface area contributed by atoms with Crippen molar-refractivity contribution >= 4 is 34.8 Å². The predicted molar refractivity (Wildman–Crippen MR) is 109 cm³/mol. The maximum atomic E-state index is 12.5. The van der Waals surface area contributed by atoms with Gasteiger partial charge in [0.1, 0.15) is 6.42 Å². The number of amides is 2. The van der Waals surface area contributed by atoms with E-state index in [1.54, 1.807) is 23.1 Å². The Labute approximate surface area is 164 Å². The average molecular weight is 386 g/mol. The third-order valence-electron chi connectivity index (χ3n) is 4.85. The minimum Gasteiger partial charge on any atom is -0.368 e. The molecule has 142 valence electrons. The van der Waals surface area contributed by atoms with E-state index in [2.05, 4.69) is 35.3 Å².